The minimum absolute atomic E-state index is 0.0760. The number of carboxylic acids is 1. The molecule has 1 fully saturated rings. The Morgan fingerprint density at radius 3 is 2.50 bits per heavy atom. The van der Waals surface area contributed by atoms with Crippen molar-refractivity contribution < 1.29 is 15.0 Å². The van der Waals surface area contributed by atoms with Gasteiger partial charge in [-0.2, -0.15) is 0 Å². The number of para-hydroxylation sites is 1. The molecule has 0 bridgehead atoms. The molecule has 1 aliphatic heterocycles. The lowest BCUT2D eigenvalue weighted by Gasteiger charge is -2.38. The first-order valence-corrected chi connectivity index (χ1v) is 7.13. The van der Waals surface area contributed by atoms with Crippen LogP contribution in [0.4, 0.5) is 5.69 Å². The molecular formula is C15H22N2O3. The van der Waals surface area contributed by atoms with Crippen molar-refractivity contribution in [1.29, 1.82) is 0 Å². The summed E-state index contributed by atoms with van der Waals surface area (Å²) >= 11 is 0. The van der Waals surface area contributed by atoms with Gasteiger partial charge in [0.1, 0.15) is 0 Å². The summed E-state index contributed by atoms with van der Waals surface area (Å²) in [6.07, 6.45) is 3.05. The highest BCUT2D eigenvalue weighted by Gasteiger charge is 2.35. The molecule has 0 radical (unpaired) electrons. The molecule has 1 heterocycles. The molecule has 110 valence electrons. The molecule has 20 heavy (non-hydrogen) atoms. The maximum absolute atomic E-state index is 10.9. The number of nitrogens with one attached hydrogen (secondary N) is 1. The average molecular weight is 278 g/mol. The van der Waals surface area contributed by atoms with Crippen LogP contribution in [0, 0.1) is 0 Å². The minimum Gasteiger partial charge on any atom is -0.481 e. The number of rotatable bonds is 7. The van der Waals surface area contributed by atoms with Gasteiger partial charge < -0.3 is 15.5 Å². The molecule has 1 aliphatic rings. The van der Waals surface area contributed by atoms with Crippen molar-refractivity contribution in [1.82, 2.24) is 4.90 Å². The Morgan fingerprint density at radius 1 is 1.25 bits per heavy atom. The highest BCUT2D eigenvalue weighted by Crippen LogP contribution is 2.26. The van der Waals surface area contributed by atoms with Gasteiger partial charge in [-0.1, -0.05) is 18.2 Å². The van der Waals surface area contributed by atoms with Crippen molar-refractivity contribution in [2.75, 3.05) is 18.4 Å². The molecule has 0 aromatic heterocycles. The number of anilines is 1. The fraction of sp³-hybridized carbons (Fsp3) is 0.533. The first-order valence-electron chi connectivity index (χ1n) is 7.13. The second-order valence-electron chi connectivity index (χ2n) is 5.25. The number of carboxylic acid groups (broad SMARTS) is 1. The number of benzene rings is 1. The zero-order valence-electron chi connectivity index (χ0n) is 11.6. The van der Waals surface area contributed by atoms with Crippen LogP contribution < -0.4 is 5.32 Å². The molecule has 1 aromatic rings. The average Bonchev–Trinajstić information content (AvgIpc) is 2.94. The summed E-state index contributed by atoms with van der Waals surface area (Å²) in [4.78, 5) is 12.7. The van der Waals surface area contributed by atoms with E-state index in [4.69, 9.17) is 5.11 Å². The van der Waals surface area contributed by atoms with Crippen LogP contribution in [-0.2, 0) is 4.79 Å². The molecular weight excluding hydrogens is 256 g/mol. The lowest BCUT2D eigenvalue weighted by molar-refractivity contribution is -0.137. The van der Waals surface area contributed by atoms with Gasteiger partial charge in [0, 0.05) is 31.6 Å². The third-order valence-electron chi connectivity index (χ3n) is 3.66. The smallest absolute Gasteiger partial charge is 0.303 e. The van der Waals surface area contributed by atoms with Gasteiger partial charge in [-0.3, -0.25) is 9.69 Å². The summed E-state index contributed by atoms with van der Waals surface area (Å²) in [5, 5.41) is 22.8. The van der Waals surface area contributed by atoms with Crippen LogP contribution in [0.5, 0.6) is 0 Å². The van der Waals surface area contributed by atoms with Gasteiger partial charge in [0.05, 0.1) is 0 Å². The van der Waals surface area contributed by atoms with E-state index >= 15 is 0 Å². The molecule has 3 N–H and O–H groups in total. The largest absolute Gasteiger partial charge is 0.481 e. The monoisotopic (exact) mass is 278 g/mol. The van der Waals surface area contributed by atoms with Gasteiger partial charge in [-0.05, 0) is 31.4 Å². The second kappa shape index (κ2) is 6.72. The lowest BCUT2D eigenvalue weighted by Crippen LogP contribution is -2.53. The first kappa shape index (κ1) is 14.8. The van der Waals surface area contributed by atoms with Crippen molar-refractivity contribution in [3.05, 3.63) is 30.3 Å². The number of hydrogen-bond acceptors (Lipinski definition) is 4. The topological polar surface area (TPSA) is 72.8 Å². The van der Waals surface area contributed by atoms with Gasteiger partial charge in [0.2, 0.25) is 0 Å². The zero-order chi connectivity index (χ0) is 14.4. The molecule has 1 aromatic carbocycles. The standard InChI is InChI=1S/C15H22N2O3/c18-14(19)9-6-10-15(20,17-11-4-5-12-17)16-13-7-2-1-3-8-13/h1-3,7-8,16,20H,4-6,9-12H2,(H,18,19)/t15-/m1/s1. The SMILES string of the molecule is O=C(O)CCC[C@@](O)(Nc1ccccc1)N1CCCC1. The second-order valence-corrected chi connectivity index (χ2v) is 5.25. The molecule has 0 spiro atoms. The van der Waals surface area contributed by atoms with Crippen LogP contribution >= 0.6 is 0 Å². The van der Waals surface area contributed by atoms with Crippen molar-refractivity contribution in [2.24, 2.45) is 0 Å². The van der Waals surface area contributed by atoms with E-state index in [1.54, 1.807) is 0 Å². The Bertz CT molecular complexity index is 432. The molecule has 2 rings (SSSR count). The van der Waals surface area contributed by atoms with E-state index in [2.05, 4.69) is 5.32 Å². The summed E-state index contributed by atoms with van der Waals surface area (Å²) in [7, 11) is 0. The number of aliphatic hydroxyl groups is 1. The Kier molecular flexibility index (Phi) is 4.98. The molecule has 0 aliphatic carbocycles. The molecule has 5 nitrogen and oxygen atoms in total. The Hall–Kier alpha value is -1.59. The van der Waals surface area contributed by atoms with Crippen molar-refractivity contribution >= 4 is 11.7 Å². The van der Waals surface area contributed by atoms with E-state index in [1.165, 1.54) is 0 Å². The summed E-state index contributed by atoms with van der Waals surface area (Å²) in [5.74, 6) is -1.98. The molecule has 0 amide bonds. The van der Waals surface area contributed by atoms with Crippen molar-refractivity contribution in [3.8, 4) is 0 Å². The van der Waals surface area contributed by atoms with Crippen LogP contribution in [0.15, 0.2) is 30.3 Å². The predicted molar refractivity (Wildman–Crippen MR) is 77.3 cm³/mol. The minimum atomic E-state index is -1.16. The Morgan fingerprint density at radius 2 is 1.90 bits per heavy atom. The number of aliphatic carboxylic acids is 1. The number of hydrogen-bond donors (Lipinski definition) is 3. The van der Waals surface area contributed by atoms with Gasteiger partial charge >= 0.3 is 5.97 Å². The maximum Gasteiger partial charge on any atom is 0.303 e. The van der Waals surface area contributed by atoms with Crippen LogP contribution in [0.1, 0.15) is 32.1 Å². The van der Waals surface area contributed by atoms with Crippen LogP contribution in [-0.4, -0.2) is 40.0 Å². The van der Waals surface area contributed by atoms with Gasteiger partial charge in [0.25, 0.3) is 0 Å². The normalized spacial score (nSPS) is 18.6. The Labute approximate surface area is 119 Å². The lowest BCUT2D eigenvalue weighted by atomic mass is 10.1. The summed E-state index contributed by atoms with van der Waals surface area (Å²) in [5.41, 5.74) is 0.845. The third kappa shape index (κ3) is 3.95. The van der Waals surface area contributed by atoms with Gasteiger partial charge in [0.15, 0.2) is 5.85 Å². The van der Waals surface area contributed by atoms with Crippen LogP contribution in [0.25, 0.3) is 0 Å². The van der Waals surface area contributed by atoms with E-state index in [0.717, 1.165) is 31.6 Å². The summed E-state index contributed by atoms with van der Waals surface area (Å²) in [6, 6.07) is 9.54. The van der Waals surface area contributed by atoms with Gasteiger partial charge in [-0.15, -0.1) is 0 Å². The number of carbonyl (C=O) groups is 1. The Balaban J connectivity index is 2.04. The quantitative estimate of drug-likeness (QED) is 0.666. The molecule has 5 heteroatoms. The number of nitrogens with zero attached hydrogens (tertiary/aromatic N) is 1. The van der Waals surface area contributed by atoms with Crippen LogP contribution in [0.2, 0.25) is 0 Å². The van der Waals surface area contributed by atoms with E-state index in [9.17, 15) is 9.90 Å². The van der Waals surface area contributed by atoms with E-state index in [1.807, 2.05) is 35.2 Å². The molecule has 1 saturated heterocycles. The van der Waals surface area contributed by atoms with Crippen molar-refractivity contribution in [3.63, 3.8) is 0 Å². The van der Waals surface area contributed by atoms with E-state index in [0.29, 0.717) is 12.8 Å². The first-order chi connectivity index (χ1) is 9.60. The highest BCUT2D eigenvalue weighted by atomic mass is 16.4. The van der Waals surface area contributed by atoms with Gasteiger partial charge in [-0.25, -0.2) is 0 Å². The van der Waals surface area contributed by atoms with Crippen molar-refractivity contribution in [2.45, 2.75) is 38.0 Å². The predicted octanol–water partition coefficient (Wildman–Crippen LogP) is 2.10. The van der Waals surface area contributed by atoms with Crippen LogP contribution in [0.3, 0.4) is 0 Å². The maximum atomic E-state index is 10.9. The highest BCUT2D eigenvalue weighted by molar-refractivity contribution is 5.66. The molecule has 0 saturated carbocycles. The summed E-state index contributed by atoms with van der Waals surface area (Å²) < 4.78 is 0. The fourth-order valence-electron chi connectivity index (χ4n) is 2.63. The third-order valence-corrected chi connectivity index (χ3v) is 3.66. The number of likely N-dealkylation sites (tertiary alicyclic amines) is 1. The zero-order valence-corrected chi connectivity index (χ0v) is 11.6. The fourth-order valence-corrected chi connectivity index (χ4v) is 2.63. The van der Waals surface area contributed by atoms with E-state index < -0.39 is 11.8 Å². The summed E-state index contributed by atoms with van der Waals surface area (Å²) in [6.45, 7) is 1.67. The molecule has 1 atom stereocenters. The molecule has 0 unspecified atom stereocenters. The van der Waals surface area contributed by atoms with E-state index in [-0.39, 0.29) is 6.42 Å².